The molecular weight excluding hydrogens is 180 g/mol. The van der Waals surface area contributed by atoms with Crippen LogP contribution in [-0.2, 0) is 0 Å². The Balaban J connectivity index is 2.36. The zero-order valence-corrected chi connectivity index (χ0v) is 10.6. The van der Waals surface area contributed by atoms with Crippen LogP contribution in [0.2, 0.25) is 0 Å². The van der Waals surface area contributed by atoms with Gasteiger partial charge in [-0.3, -0.25) is 0 Å². The average Bonchev–Trinajstić information content (AvgIpc) is 2.26. The summed E-state index contributed by atoms with van der Waals surface area (Å²) >= 11 is 0. The lowest BCUT2D eigenvalue weighted by Crippen LogP contribution is -2.25. The van der Waals surface area contributed by atoms with E-state index < -0.39 is 0 Å². The third kappa shape index (κ3) is 2.04. The summed E-state index contributed by atoms with van der Waals surface area (Å²) in [5, 5.41) is 0. The highest BCUT2D eigenvalue weighted by molar-refractivity contribution is 5.29. The molecule has 0 N–H and O–H groups in total. The Hall–Kier alpha value is -0.520. The highest BCUT2D eigenvalue weighted by atomic mass is 14.4. The van der Waals surface area contributed by atoms with Gasteiger partial charge in [-0.1, -0.05) is 50.5 Å². The Morgan fingerprint density at radius 2 is 2.07 bits per heavy atom. The van der Waals surface area contributed by atoms with E-state index in [0.717, 1.165) is 5.92 Å². The van der Waals surface area contributed by atoms with Crippen LogP contribution >= 0.6 is 0 Å². The smallest absolute Gasteiger partial charge is 0.00334 e. The van der Waals surface area contributed by atoms with Gasteiger partial charge in [-0.15, -0.1) is 0 Å². The van der Waals surface area contributed by atoms with Crippen LogP contribution in [0.25, 0.3) is 0 Å². The second-order valence-corrected chi connectivity index (χ2v) is 6.18. The molecule has 0 bridgehead atoms. The largest absolute Gasteiger partial charge is 0.0804 e. The highest BCUT2D eigenvalue weighted by Crippen LogP contribution is 2.47. The lowest BCUT2D eigenvalue weighted by molar-refractivity contribution is 0.269. The molecule has 0 aromatic carbocycles. The number of rotatable bonds is 0. The van der Waals surface area contributed by atoms with Gasteiger partial charge in [0.05, 0.1) is 0 Å². The number of hydrogen-bond donors (Lipinski definition) is 0. The van der Waals surface area contributed by atoms with E-state index in [-0.39, 0.29) is 0 Å². The van der Waals surface area contributed by atoms with Crippen molar-refractivity contribution >= 4 is 0 Å². The molecule has 2 unspecified atom stereocenters. The molecule has 0 heterocycles. The third-order valence-electron chi connectivity index (χ3n) is 4.34. The van der Waals surface area contributed by atoms with Gasteiger partial charge in [0.25, 0.3) is 0 Å². The first-order valence-corrected chi connectivity index (χ1v) is 6.38. The molecule has 15 heavy (non-hydrogen) atoms. The van der Waals surface area contributed by atoms with E-state index in [9.17, 15) is 0 Å². The summed E-state index contributed by atoms with van der Waals surface area (Å²) < 4.78 is 0. The van der Waals surface area contributed by atoms with E-state index >= 15 is 0 Å². The van der Waals surface area contributed by atoms with Gasteiger partial charge >= 0.3 is 0 Å². The third-order valence-corrected chi connectivity index (χ3v) is 4.34. The maximum Gasteiger partial charge on any atom is 0.00334 e. The monoisotopic (exact) mass is 204 g/mol. The van der Waals surface area contributed by atoms with Crippen molar-refractivity contribution in [1.82, 2.24) is 0 Å². The standard InChI is InChI=1S/C15H24/c1-11-7-8-13-12(2)6-5-9-15(3,4)14(13)10-11/h8,10,12,14H,5-7,9H2,1-4H3. The van der Waals surface area contributed by atoms with Gasteiger partial charge < -0.3 is 0 Å². The molecular formula is C15H24. The predicted octanol–water partition coefficient (Wildman–Crippen LogP) is 4.73. The second kappa shape index (κ2) is 3.81. The quantitative estimate of drug-likeness (QED) is 0.501. The first-order chi connectivity index (χ1) is 7.00. The molecule has 2 rings (SSSR count). The Kier molecular flexibility index (Phi) is 2.79. The summed E-state index contributed by atoms with van der Waals surface area (Å²) in [6.07, 6.45) is 10.4. The number of hydrogen-bond acceptors (Lipinski definition) is 0. The van der Waals surface area contributed by atoms with Gasteiger partial charge in [-0.05, 0) is 37.5 Å². The summed E-state index contributed by atoms with van der Waals surface area (Å²) in [6, 6.07) is 0. The molecule has 84 valence electrons. The van der Waals surface area contributed by atoms with Crippen LogP contribution in [-0.4, -0.2) is 0 Å². The molecule has 0 radical (unpaired) electrons. The Morgan fingerprint density at radius 1 is 1.33 bits per heavy atom. The minimum atomic E-state index is 0.471. The molecule has 0 aliphatic heterocycles. The summed E-state index contributed by atoms with van der Waals surface area (Å²) in [5.74, 6) is 1.52. The summed E-state index contributed by atoms with van der Waals surface area (Å²) in [7, 11) is 0. The normalized spacial score (nSPS) is 34.9. The molecule has 0 nitrogen and oxygen atoms in total. The summed E-state index contributed by atoms with van der Waals surface area (Å²) in [4.78, 5) is 0. The second-order valence-electron chi connectivity index (χ2n) is 6.18. The molecule has 0 heteroatoms. The molecule has 1 fully saturated rings. The summed E-state index contributed by atoms with van der Waals surface area (Å²) in [5.41, 5.74) is 3.76. The van der Waals surface area contributed by atoms with Crippen molar-refractivity contribution < 1.29 is 0 Å². The van der Waals surface area contributed by atoms with Crippen LogP contribution in [0, 0.1) is 17.3 Å². The Morgan fingerprint density at radius 3 is 2.80 bits per heavy atom. The maximum absolute atomic E-state index is 2.54. The SMILES string of the molecule is CC1=CC2C(=CC1)C(C)CCCC2(C)C. The number of fused-ring (bicyclic) bond motifs is 1. The van der Waals surface area contributed by atoms with E-state index in [0.29, 0.717) is 11.3 Å². The molecule has 1 saturated carbocycles. The zero-order chi connectivity index (χ0) is 11.1. The van der Waals surface area contributed by atoms with E-state index in [1.807, 2.05) is 0 Å². The van der Waals surface area contributed by atoms with Crippen LogP contribution < -0.4 is 0 Å². The van der Waals surface area contributed by atoms with Gasteiger partial charge in [-0.25, -0.2) is 0 Å². The molecule has 2 aliphatic carbocycles. The molecule has 0 spiro atoms. The zero-order valence-electron chi connectivity index (χ0n) is 10.6. The Bertz CT molecular complexity index is 304. The lowest BCUT2D eigenvalue weighted by Gasteiger charge is -2.36. The minimum absolute atomic E-state index is 0.471. The molecule has 0 aromatic rings. The fourth-order valence-electron chi connectivity index (χ4n) is 3.23. The highest BCUT2D eigenvalue weighted by Gasteiger charge is 2.35. The first kappa shape index (κ1) is 11.0. The van der Waals surface area contributed by atoms with Gasteiger partial charge in [0.1, 0.15) is 0 Å². The van der Waals surface area contributed by atoms with E-state index in [1.54, 1.807) is 11.1 Å². The summed E-state index contributed by atoms with van der Waals surface area (Å²) in [6.45, 7) is 9.57. The molecule has 0 aromatic heterocycles. The van der Waals surface area contributed by atoms with Crippen LogP contribution in [0.3, 0.4) is 0 Å². The van der Waals surface area contributed by atoms with Crippen molar-refractivity contribution in [2.24, 2.45) is 17.3 Å². The van der Waals surface area contributed by atoms with Crippen molar-refractivity contribution in [3.8, 4) is 0 Å². The van der Waals surface area contributed by atoms with Gasteiger partial charge in [0, 0.05) is 5.92 Å². The Labute approximate surface area is 94.5 Å². The van der Waals surface area contributed by atoms with Crippen molar-refractivity contribution in [1.29, 1.82) is 0 Å². The average molecular weight is 204 g/mol. The van der Waals surface area contributed by atoms with Gasteiger partial charge in [0.2, 0.25) is 0 Å². The molecule has 2 atom stereocenters. The maximum atomic E-state index is 2.54. The van der Waals surface area contributed by atoms with Crippen molar-refractivity contribution in [3.63, 3.8) is 0 Å². The first-order valence-electron chi connectivity index (χ1n) is 6.38. The molecule has 2 aliphatic rings. The minimum Gasteiger partial charge on any atom is -0.0804 e. The number of allylic oxidation sites excluding steroid dienone is 4. The lowest BCUT2D eigenvalue weighted by atomic mass is 9.69. The van der Waals surface area contributed by atoms with Crippen LogP contribution in [0.5, 0.6) is 0 Å². The molecule has 0 saturated heterocycles. The molecule has 0 amide bonds. The van der Waals surface area contributed by atoms with E-state index in [4.69, 9.17) is 0 Å². The van der Waals surface area contributed by atoms with Crippen molar-refractivity contribution in [3.05, 3.63) is 23.3 Å². The fraction of sp³-hybridized carbons (Fsp3) is 0.733. The van der Waals surface area contributed by atoms with Crippen LogP contribution in [0.15, 0.2) is 23.3 Å². The van der Waals surface area contributed by atoms with Crippen molar-refractivity contribution in [2.75, 3.05) is 0 Å². The van der Waals surface area contributed by atoms with Crippen LogP contribution in [0.1, 0.15) is 53.4 Å². The van der Waals surface area contributed by atoms with Crippen molar-refractivity contribution in [2.45, 2.75) is 53.4 Å². The van der Waals surface area contributed by atoms with E-state index in [1.165, 1.54) is 25.7 Å². The predicted molar refractivity (Wildman–Crippen MR) is 66.7 cm³/mol. The van der Waals surface area contributed by atoms with E-state index in [2.05, 4.69) is 39.8 Å². The fourth-order valence-corrected chi connectivity index (χ4v) is 3.23. The van der Waals surface area contributed by atoms with Gasteiger partial charge in [-0.2, -0.15) is 0 Å². The van der Waals surface area contributed by atoms with Gasteiger partial charge in [0.15, 0.2) is 0 Å². The topological polar surface area (TPSA) is 0 Å². The van der Waals surface area contributed by atoms with Crippen LogP contribution in [0.4, 0.5) is 0 Å².